The lowest BCUT2D eigenvalue weighted by molar-refractivity contribution is -0.0225. The van der Waals surface area contributed by atoms with E-state index in [1.807, 2.05) is 0 Å². The Labute approximate surface area is 87.9 Å². The van der Waals surface area contributed by atoms with Gasteiger partial charge in [-0.2, -0.15) is 0 Å². The highest BCUT2D eigenvalue weighted by atomic mass is 16.3. The minimum absolute atomic E-state index is 0.228. The van der Waals surface area contributed by atoms with Crippen molar-refractivity contribution in [3.05, 3.63) is 0 Å². The maximum atomic E-state index is 10.6. The Bertz CT molecular complexity index is 186. The molecule has 1 heteroatoms. The van der Waals surface area contributed by atoms with E-state index >= 15 is 0 Å². The second-order valence-electron chi connectivity index (χ2n) is 5.35. The Kier molecular flexibility index (Phi) is 3.16. The van der Waals surface area contributed by atoms with E-state index in [-0.39, 0.29) is 5.60 Å². The van der Waals surface area contributed by atoms with Gasteiger partial charge in [0, 0.05) is 0 Å². The molecular formula is C13H24O. The minimum atomic E-state index is -0.228. The molecule has 0 bridgehead atoms. The van der Waals surface area contributed by atoms with Gasteiger partial charge in [-0.25, -0.2) is 0 Å². The van der Waals surface area contributed by atoms with Gasteiger partial charge >= 0.3 is 0 Å². The zero-order chi connectivity index (χ0) is 10.0. The number of aliphatic hydroxyl groups is 1. The van der Waals surface area contributed by atoms with Crippen LogP contribution in [-0.4, -0.2) is 10.7 Å². The van der Waals surface area contributed by atoms with Gasteiger partial charge in [0.05, 0.1) is 5.60 Å². The van der Waals surface area contributed by atoms with Gasteiger partial charge in [0.2, 0.25) is 0 Å². The Morgan fingerprint density at radius 2 is 2.00 bits per heavy atom. The fourth-order valence-corrected chi connectivity index (χ4v) is 3.24. The molecule has 14 heavy (non-hydrogen) atoms. The van der Waals surface area contributed by atoms with E-state index < -0.39 is 0 Å². The molecule has 0 spiro atoms. The summed E-state index contributed by atoms with van der Waals surface area (Å²) in [6.45, 7) is 2.25. The van der Waals surface area contributed by atoms with Crippen LogP contribution in [0.15, 0.2) is 0 Å². The monoisotopic (exact) mass is 196 g/mol. The maximum Gasteiger partial charge on any atom is 0.0703 e. The van der Waals surface area contributed by atoms with Crippen molar-refractivity contribution in [2.24, 2.45) is 11.8 Å². The average molecular weight is 196 g/mol. The highest BCUT2D eigenvalue weighted by molar-refractivity contribution is 5.02. The lowest BCUT2D eigenvalue weighted by atomic mass is 9.83. The highest BCUT2D eigenvalue weighted by Gasteiger charge is 2.50. The quantitative estimate of drug-likeness (QED) is 0.667. The number of hydrogen-bond donors (Lipinski definition) is 1. The summed E-state index contributed by atoms with van der Waals surface area (Å²) < 4.78 is 0. The molecule has 82 valence electrons. The van der Waals surface area contributed by atoms with Crippen molar-refractivity contribution >= 4 is 0 Å². The first-order valence-corrected chi connectivity index (χ1v) is 6.49. The van der Waals surface area contributed by atoms with Gasteiger partial charge in [-0.05, 0) is 43.9 Å². The van der Waals surface area contributed by atoms with E-state index in [9.17, 15) is 5.11 Å². The lowest BCUT2D eigenvalue weighted by Crippen LogP contribution is -2.35. The summed E-state index contributed by atoms with van der Waals surface area (Å²) in [5.74, 6) is 1.32. The third-order valence-electron chi connectivity index (χ3n) is 4.28. The summed E-state index contributed by atoms with van der Waals surface area (Å²) in [6, 6.07) is 0. The molecule has 0 amide bonds. The zero-order valence-electron chi connectivity index (χ0n) is 9.47. The molecule has 2 rings (SSSR count). The van der Waals surface area contributed by atoms with Crippen molar-refractivity contribution in [2.75, 3.05) is 0 Å². The van der Waals surface area contributed by atoms with Crippen molar-refractivity contribution in [3.8, 4) is 0 Å². The van der Waals surface area contributed by atoms with Gasteiger partial charge in [-0.1, -0.05) is 32.6 Å². The van der Waals surface area contributed by atoms with Gasteiger partial charge in [-0.3, -0.25) is 0 Å². The zero-order valence-corrected chi connectivity index (χ0v) is 9.47. The molecule has 2 unspecified atom stereocenters. The summed E-state index contributed by atoms with van der Waals surface area (Å²) in [5, 5.41) is 10.6. The van der Waals surface area contributed by atoms with Crippen LogP contribution in [0.1, 0.15) is 64.7 Å². The molecule has 0 aliphatic heterocycles. The van der Waals surface area contributed by atoms with Crippen molar-refractivity contribution in [3.63, 3.8) is 0 Å². The first kappa shape index (κ1) is 10.5. The Morgan fingerprint density at radius 3 is 2.64 bits per heavy atom. The normalized spacial score (nSPS) is 37.7. The van der Waals surface area contributed by atoms with Crippen LogP contribution in [-0.2, 0) is 0 Å². The van der Waals surface area contributed by atoms with E-state index in [2.05, 4.69) is 6.92 Å². The molecular weight excluding hydrogens is 172 g/mol. The van der Waals surface area contributed by atoms with Crippen LogP contribution in [0, 0.1) is 11.8 Å². The fourth-order valence-electron chi connectivity index (χ4n) is 3.24. The Morgan fingerprint density at radius 1 is 1.21 bits per heavy atom. The van der Waals surface area contributed by atoms with Crippen molar-refractivity contribution in [1.82, 2.24) is 0 Å². The maximum absolute atomic E-state index is 10.6. The van der Waals surface area contributed by atoms with Gasteiger partial charge in [-0.15, -0.1) is 0 Å². The third-order valence-corrected chi connectivity index (χ3v) is 4.28. The van der Waals surface area contributed by atoms with E-state index in [0.29, 0.717) is 11.8 Å². The van der Waals surface area contributed by atoms with Crippen LogP contribution in [0.25, 0.3) is 0 Å². The molecule has 0 aromatic heterocycles. The molecule has 2 atom stereocenters. The molecule has 2 fully saturated rings. The van der Waals surface area contributed by atoms with E-state index in [0.717, 1.165) is 6.42 Å². The van der Waals surface area contributed by atoms with Gasteiger partial charge in [0.1, 0.15) is 0 Å². The largest absolute Gasteiger partial charge is 0.389 e. The molecule has 0 aromatic carbocycles. The number of hydrogen-bond acceptors (Lipinski definition) is 1. The second-order valence-corrected chi connectivity index (χ2v) is 5.35. The van der Waals surface area contributed by atoms with Crippen molar-refractivity contribution < 1.29 is 5.11 Å². The van der Waals surface area contributed by atoms with Crippen LogP contribution < -0.4 is 0 Å². The molecule has 0 heterocycles. The molecule has 1 nitrogen and oxygen atoms in total. The fraction of sp³-hybridized carbons (Fsp3) is 1.00. The standard InChI is InChI=1S/C13H24O/c1-2-3-4-6-11-7-5-10-13(11,14)12-8-9-12/h11-12,14H,2-10H2,1H3. The van der Waals surface area contributed by atoms with Crippen LogP contribution in [0.4, 0.5) is 0 Å². The Balaban J connectivity index is 1.83. The molecule has 2 saturated carbocycles. The van der Waals surface area contributed by atoms with Crippen molar-refractivity contribution in [2.45, 2.75) is 70.3 Å². The molecule has 0 saturated heterocycles. The summed E-state index contributed by atoms with van der Waals surface area (Å²) in [5.41, 5.74) is -0.228. The van der Waals surface area contributed by atoms with Gasteiger partial charge < -0.3 is 5.11 Å². The van der Waals surface area contributed by atoms with Crippen LogP contribution >= 0.6 is 0 Å². The van der Waals surface area contributed by atoms with E-state index in [1.54, 1.807) is 0 Å². The number of rotatable bonds is 5. The highest BCUT2D eigenvalue weighted by Crippen LogP contribution is 2.52. The smallest absolute Gasteiger partial charge is 0.0703 e. The van der Waals surface area contributed by atoms with Crippen molar-refractivity contribution in [1.29, 1.82) is 0 Å². The first-order valence-electron chi connectivity index (χ1n) is 6.49. The molecule has 0 radical (unpaired) electrons. The molecule has 2 aliphatic carbocycles. The second kappa shape index (κ2) is 4.22. The summed E-state index contributed by atoms with van der Waals surface area (Å²) in [7, 11) is 0. The first-order chi connectivity index (χ1) is 6.77. The third kappa shape index (κ3) is 1.98. The topological polar surface area (TPSA) is 20.2 Å². The molecule has 0 aromatic rings. The summed E-state index contributed by atoms with van der Waals surface area (Å²) in [4.78, 5) is 0. The SMILES string of the molecule is CCCCCC1CCCC1(O)C1CC1. The summed E-state index contributed by atoms with van der Waals surface area (Å²) >= 11 is 0. The van der Waals surface area contributed by atoms with Gasteiger partial charge in [0.15, 0.2) is 0 Å². The predicted molar refractivity (Wildman–Crippen MR) is 59.2 cm³/mol. The van der Waals surface area contributed by atoms with Gasteiger partial charge in [0.25, 0.3) is 0 Å². The van der Waals surface area contributed by atoms with Crippen LogP contribution in [0.2, 0.25) is 0 Å². The lowest BCUT2D eigenvalue weighted by Gasteiger charge is -2.30. The van der Waals surface area contributed by atoms with E-state index in [4.69, 9.17) is 0 Å². The molecule has 1 N–H and O–H groups in total. The minimum Gasteiger partial charge on any atom is -0.389 e. The summed E-state index contributed by atoms with van der Waals surface area (Å²) in [6.07, 6.45) is 11.5. The van der Waals surface area contributed by atoms with Crippen LogP contribution in [0.3, 0.4) is 0 Å². The molecule has 2 aliphatic rings. The number of unbranched alkanes of at least 4 members (excludes halogenated alkanes) is 2. The van der Waals surface area contributed by atoms with Crippen LogP contribution in [0.5, 0.6) is 0 Å². The average Bonchev–Trinajstić information content (AvgIpc) is 2.95. The predicted octanol–water partition coefficient (Wildman–Crippen LogP) is 3.51. The Hall–Kier alpha value is -0.0400. The van der Waals surface area contributed by atoms with E-state index in [1.165, 1.54) is 51.4 Å².